The molecule has 2 heterocycles. The van der Waals surface area contributed by atoms with Crippen LogP contribution in [0.1, 0.15) is 32.6 Å². The number of rotatable bonds is 5. The van der Waals surface area contributed by atoms with Crippen LogP contribution in [0.3, 0.4) is 0 Å². The summed E-state index contributed by atoms with van der Waals surface area (Å²) in [5.41, 5.74) is 5.39. The van der Waals surface area contributed by atoms with Gasteiger partial charge >= 0.3 is 0 Å². The highest BCUT2D eigenvalue weighted by molar-refractivity contribution is 7.88. The number of piperidine rings is 2. The quantitative estimate of drug-likeness (QED) is 0.696. The van der Waals surface area contributed by atoms with Crippen molar-refractivity contribution in [1.29, 1.82) is 0 Å². The van der Waals surface area contributed by atoms with E-state index in [-0.39, 0.29) is 29.8 Å². The molecule has 0 spiro atoms. The second-order valence-electron chi connectivity index (χ2n) is 7.25. The van der Waals surface area contributed by atoms with E-state index in [2.05, 4.69) is 4.90 Å². The van der Waals surface area contributed by atoms with E-state index in [1.54, 1.807) is 11.9 Å². The van der Waals surface area contributed by atoms with E-state index < -0.39 is 10.0 Å². The zero-order valence-corrected chi connectivity index (χ0v) is 16.2. The Hall–Kier alpha value is -1.19. The van der Waals surface area contributed by atoms with E-state index in [1.807, 2.05) is 6.92 Å². The Balaban J connectivity index is 1.90. The minimum absolute atomic E-state index is 0.0113. The molecule has 2 saturated heterocycles. The molecule has 2 aliphatic heterocycles. The van der Waals surface area contributed by atoms with Gasteiger partial charge in [0.2, 0.25) is 21.8 Å². The molecule has 2 amide bonds. The Morgan fingerprint density at radius 2 is 1.76 bits per heavy atom. The van der Waals surface area contributed by atoms with Gasteiger partial charge in [-0.25, -0.2) is 12.7 Å². The number of hydrogen-bond acceptors (Lipinski definition) is 5. The monoisotopic (exact) mass is 374 g/mol. The number of carbonyl (C=O) groups is 2. The Morgan fingerprint density at radius 3 is 2.28 bits per heavy atom. The highest BCUT2D eigenvalue weighted by Gasteiger charge is 2.34. The number of sulfonamides is 1. The molecule has 25 heavy (non-hydrogen) atoms. The number of nitrogens with zero attached hydrogens (tertiary/aromatic N) is 3. The molecule has 0 aromatic carbocycles. The topological polar surface area (TPSA) is 104 Å². The molecule has 0 aliphatic carbocycles. The fourth-order valence-corrected chi connectivity index (χ4v) is 4.49. The van der Waals surface area contributed by atoms with Crippen molar-refractivity contribution >= 4 is 21.8 Å². The summed E-state index contributed by atoms with van der Waals surface area (Å²) >= 11 is 0. The predicted octanol–water partition coefficient (Wildman–Crippen LogP) is -0.545. The smallest absolute Gasteiger partial charge is 0.239 e. The third-order valence-electron chi connectivity index (χ3n) is 5.58. The van der Waals surface area contributed by atoms with Crippen molar-refractivity contribution in [3.05, 3.63) is 0 Å². The van der Waals surface area contributed by atoms with Gasteiger partial charge in [-0.3, -0.25) is 14.5 Å². The van der Waals surface area contributed by atoms with Crippen molar-refractivity contribution in [1.82, 2.24) is 14.1 Å². The third kappa shape index (κ3) is 4.92. The van der Waals surface area contributed by atoms with Gasteiger partial charge in [0.1, 0.15) is 0 Å². The first-order valence-corrected chi connectivity index (χ1v) is 10.7. The van der Waals surface area contributed by atoms with Crippen molar-refractivity contribution in [2.75, 3.05) is 39.5 Å². The molecule has 9 heteroatoms. The van der Waals surface area contributed by atoms with Gasteiger partial charge in [-0.1, -0.05) is 0 Å². The van der Waals surface area contributed by atoms with Crippen LogP contribution < -0.4 is 5.73 Å². The normalized spacial score (nSPS) is 25.1. The van der Waals surface area contributed by atoms with Crippen molar-refractivity contribution in [3.63, 3.8) is 0 Å². The van der Waals surface area contributed by atoms with E-state index in [9.17, 15) is 18.0 Å². The predicted molar refractivity (Wildman–Crippen MR) is 95.2 cm³/mol. The molecule has 2 N–H and O–H groups in total. The second-order valence-corrected chi connectivity index (χ2v) is 9.29. The number of nitrogens with two attached hydrogens (primary N) is 1. The Bertz CT molecular complexity index is 601. The fourth-order valence-electron chi connectivity index (χ4n) is 3.74. The maximum Gasteiger partial charge on any atom is 0.239 e. The molecule has 0 bridgehead atoms. The van der Waals surface area contributed by atoms with Crippen LogP contribution in [0.5, 0.6) is 0 Å². The summed E-state index contributed by atoms with van der Waals surface area (Å²) in [5.74, 6) is -0.560. The summed E-state index contributed by atoms with van der Waals surface area (Å²) < 4.78 is 24.7. The average molecular weight is 375 g/mol. The van der Waals surface area contributed by atoms with E-state index in [0.29, 0.717) is 39.0 Å². The molecule has 2 aliphatic rings. The van der Waals surface area contributed by atoms with E-state index in [1.165, 1.54) is 10.6 Å². The van der Waals surface area contributed by atoms with Gasteiger partial charge in [-0.05, 0) is 32.6 Å². The molecule has 2 unspecified atom stereocenters. The summed E-state index contributed by atoms with van der Waals surface area (Å²) in [6.45, 7) is 4.33. The third-order valence-corrected chi connectivity index (χ3v) is 6.92. The maximum absolute atomic E-state index is 12.8. The first kappa shape index (κ1) is 20.1. The zero-order chi connectivity index (χ0) is 18.8. The van der Waals surface area contributed by atoms with E-state index in [0.717, 1.165) is 12.8 Å². The molecule has 2 rings (SSSR count). The lowest BCUT2D eigenvalue weighted by molar-refractivity contribution is -0.140. The molecule has 144 valence electrons. The highest BCUT2D eigenvalue weighted by Crippen LogP contribution is 2.22. The largest absolute Gasteiger partial charge is 0.369 e. The minimum Gasteiger partial charge on any atom is -0.369 e. The van der Waals surface area contributed by atoms with Gasteiger partial charge in [0.25, 0.3) is 0 Å². The van der Waals surface area contributed by atoms with Crippen LogP contribution in [0.4, 0.5) is 0 Å². The van der Waals surface area contributed by atoms with Crippen molar-refractivity contribution < 1.29 is 18.0 Å². The number of carbonyl (C=O) groups excluding carboxylic acids is 2. The number of likely N-dealkylation sites (tertiary alicyclic amines) is 2. The van der Waals surface area contributed by atoms with Crippen LogP contribution in [-0.4, -0.2) is 85.9 Å². The second kappa shape index (κ2) is 8.01. The lowest BCUT2D eigenvalue weighted by atomic mass is 9.96. The molecule has 2 atom stereocenters. The zero-order valence-electron chi connectivity index (χ0n) is 15.3. The van der Waals surface area contributed by atoms with Gasteiger partial charge < -0.3 is 10.6 Å². The van der Waals surface area contributed by atoms with Gasteiger partial charge in [-0.2, -0.15) is 0 Å². The Kier molecular flexibility index (Phi) is 6.45. The van der Waals surface area contributed by atoms with Gasteiger partial charge in [-0.15, -0.1) is 0 Å². The standard InChI is InChI=1S/C16H30N4O4S/c1-12(16(22)20-8-4-5-13(11-20)15(17)21)19-9-6-14(7-10-19)18(2)25(3,23)24/h12-14H,4-11H2,1-3H3,(H2,17,21). The van der Waals surface area contributed by atoms with Crippen molar-refractivity contribution in [2.24, 2.45) is 11.7 Å². The minimum atomic E-state index is -3.19. The van der Waals surface area contributed by atoms with Crippen LogP contribution >= 0.6 is 0 Å². The van der Waals surface area contributed by atoms with Gasteiger partial charge in [0.05, 0.1) is 18.2 Å². The lowest BCUT2D eigenvalue weighted by Gasteiger charge is -2.40. The molecular formula is C16H30N4O4S. The summed E-state index contributed by atoms with van der Waals surface area (Å²) in [5, 5.41) is 0. The number of amides is 2. The van der Waals surface area contributed by atoms with Crippen LogP contribution in [0.25, 0.3) is 0 Å². The van der Waals surface area contributed by atoms with Crippen molar-refractivity contribution in [3.8, 4) is 0 Å². The summed E-state index contributed by atoms with van der Waals surface area (Å²) in [6, 6.07) is -0.279. The van der Waals surface area contributed by atoms with E-state index >= 15 is 0 Å². The molecule has 0 saturated carbocycles. The van der Waals surface area contributed by atoms with E-state index in [4.69, 9.17) is 5.73 Å². The average Bonchev–Trinajstić information content (AvgIpc) is 2.59. The summed E-state index contributed by atoms with van der Waals surface area (Å²) in [7, 11) is -1.58. The molecule has 8 nitrogen and oxygen atoms in total. The Labute approximate surface area is 150 Å². The lowest BCUT2D eigenvalue weighted by Crippen LogP contribution is -2.54. The summed E-state index contributed by atoms with van der Waals surface area (Å²) in [4.78, 5) is 28.0. The van der Waals surface area contributed by atoms with Crippen LogP contribution in [-0.2, 0) is 19.6 Å². The van der Waals surface area contributed by atoms with Crippen molar-refractivity contribution in [2.45, 2.75) is 44.7 Å². The molecular weight excluding hydrogens is 344 g/mol. The number of primary amides is 1. The number of hydrogen-bond donors (Lipinski definition) is 1. The Morgan fingerprint density at radius 1 is 1.16 bits per heavy atom. The highest BCUT2D eigenvalue weighted by atomic mass is 32.2. The maximum atomic E-state index is 12.8. The first-order chi connectivity index (χ1) is 11.6. The van der Waals surface area contributed by atoms with Gasteiger partial charge in [0, 0.05) is 39.3 Å². The molecule has 0 aromatic heterocycles. The van der Waals surface area contributed by atoms with Crippen LogP contribution in [0.15, 0.2) is 0 Å². The van der Waals surface area contributed by atoms with Crippen LogP contribution in [0, 0.1) is 5.92 Å². The SMILES string of the molecule is CC(C(=O)N1CCCC(C(N)=O)C1)N1CCC(N(C)S(C)(=O)=O)CC1. The fraction of sp³-hybridized carbons (Fsp3) is 0.875. The first-order valence-electron chi connectivity index (χ1n) is 8.86. The summed E-state index contributed by atoms with van der Waals surface area (Å²) in [6.07, 6.45) is 4.19. The molecule has 0 radical (unpaired) electrons. The molecule has 2 fully saturated rings. The molecule has 0 aromatic rings. The van der Waals surface area contributed by atoms with Crippen LogP contribution in [0.2, 0.25) is 0 Å². The van der Waals surface area contributed by atoms with Gasteiger partial charge in [0.15, 0.2) is 0 Å².